The molecule has 1 unspecified atom stereocenters. The van der Waals surface area contributed by atoms with E-state index in [0.717, 1.165) is 42.8 Å². The fraction of sp³-hybridized carbons (Fsp3) is 0.406. The van der Waals surface area contributed by atoms with Crippen LogP contribution in [-0.2, 0) is 51.9 Å². The molecule has 0 radical (unpaired) electrons. The molecule has 3 aliphatic heterocycles. The summed E-state index contributed by atoms with van der Waals surface area (Å²) >= 11 is 2.36. The van der Waals surface area contributed by atoms with Crippen LogP contribution in [0.5, 0.6) is 11.5 Å². The predicted molar refractivity (Wildman–Crippen MR) is 331 cm³/mol. The second-order valence-corrected chi connectivity index (χ2v) is 26.1. The van der Waals surface area contributed by atoms with Crippen molar-refractivity contribution in [1.82, 2.24) is 25.1 Å². The summed E-state index contributed by atoms with van der Waals surface area (Å²) in [6.07, 6.45) is 0.637. The molecule has 2 fully saturated rings. The molecule has 9 rings (SSSR count). The minimum atomic E-state index is -1.70. The minimum Gasteiger partial charge on any atom is -0.497 e. The zero-order chi connectivity index (χ0) is 62.4. The van der Waals surface area contributed by atoms with E-state index in [-0.39, 0.29) is 34.3 Å². The predicted octanol–water partition coefficient (Wildman–Crippen LogP) is 8.65. The first kappa shape index (κ1) is 63.4. The number of amides is 3. The van der Waals surface area contributed by atoms with Gasteiger partial charge in [-0.3, -0.25) is 29.9 Å². The number of thiazole rings is 1. The highest BCUT2D eigenvalue weighted by Crippen LogP contribution is 2.43. The first-order valence-electron chi connectivity index (χ1n) is 28.7. The van der Waals surface area contributed by atoms with Gasteiger partial charge in [-0.15, -0.1) is 23.1 Å². The van der Waals surface area contributed by atoms with Gasteiger partial charge < -0.3 is 48.0 Å². The number of nitrogens with zero attached hydrogens (tertiary/aromatic N) is 5. The number of quaternary nitrogens is 1. The Bertz CT molecular complexity index is 3590. The maximum atomic E-state index is 15.3. The topological polar surface area (TPSA) is 248 Å². The van der Waals surface area contributed by atoms with Gasteiger partial charge in [-0.1, -0.05) is 90.1 Å². The molecule has 5 heterocycles. The largest absolute Gasteiger partial charge is 0.497 e. The zero-order valence-electron chi connectivity index (χ0n) is 50.5. The van der Waals surface area contributed by atoms with Crippen molar-refractivity contribution in [1.29, 1.82) is 0 Å². The molecule has 3 atom stereocenters. The number of aliphatic hydroxyl groups excluding tert-OH is 1. The van der Waals surface area contributed by atoms with Crippen LogP contribution in [0.4, 0.5) is 9.93 Å². The number of para-hydroxylation sites is 1. The number of oxime groups is 1. The number of thioether (sulfide) groups is 1. The van der Waals surface area contributed by atoms with Crippen LogP contribution in [0, 0.1) is 0 Å². The number of carbonyl (C=O) groups is 5. The van der Waals surface area contributed by atoms with E-state index in [1.165, 1.54) is 35.9 Å². The van der Waals surface area contributed by atoms with Crippen molar-refractivity contribution in [2.45, 2.75) is 115 Å². The van der Waals surface area contributed by atoms with Crippen LogP contribution < -0.4 is 30.9 Å². The Morgan fingerprint density at radius 3 is 2.14 bits per heavy atom. The number of benzene rings is 4. The van der Waals surface area contributed by atoms with Crippen LogP contribution in [-0.4, -0.2) is 133 Å². The van der Waals surface area contributed by atoms with Crippen LogP contribution in [0.2, 0.25) is 0 Å². The summed E-state index contributed by atoms with van der Waals surface area (Å²) in [7, 11) is 3.40. The molecule has 0 spiro atoms. The number of hydrogen-bond donors (Lipinski definition) is 4. The summed E-state index contributed by atoms with van der Waals surface area (Å²) in [6.45, 7) is 16.0. The van der Waals surface area contributed by atoms with Crippen LogP contribution in [0.15, 0.2) is 136 Å². The Morgan fingerprint density at radius 2 is 1.51 bits per heavy atom. The maximum Gasteiger partial charge on any atom is 0.413 e. The smallest absolute Gasteiger partial charge is 0.413 e. The number of aliphatic hydroxyl groups is 1. The third-order valence-electron chi connectivity index (χ3n) is 14.8. The second kappa shape index (κ2) is 26.5. The Morgan fingerprint density at radius 1 is 0.851 bits per heavy atom. The maximum absolute atomic E-state index is 15.3. The van der Waals surface area contributed by atoms with E-state index in [1.807, 2.05) is 84.9 Å². The van der Waals surface area contributed by atoms with Crippen molar-refractivity contribution in [3.63, 3.8) is 0 Å². The van der Waals surface area contributed by atoms with Gasteiger partial charge in [0, 0.05) is 54.1 Å². The quantitative estimate of drug-likeness (QED) is 0.00944. The molecule has 460 valence electrons. The molecule has 2 aromatic heterocycles. The zero-order valence-corrected chi connectivity index (χ0v) is 52.2. The lowest BCUT2D eigenvalue weighted by Gasteiger charge is -2.50. The van der Waals surface area contributed by atoms with E-state index in [2.05, 4.69) is 26.1 Å². The van der Waals surface area contributed by atoms with E-state index in [9.17, 15) is 29.1 Å². The number of ether oxygens (including phenoxy) is 5. The number of carbonyl (C=O) groups excluding carboxylic acids is 5. The van der Waals surface area contributed by atoms with Gasteiger partial charge >= 0.3 is 18.0 Å². The number of fused-ring (bicyclic) bond motifs is 2. The molecule has 2 saturated heterocycles. The van der Waals surface area contributed by atoms with E-state index < -0.39 is 76.1 Å². The number of anilines is 1. The van der Waals surface area contributed by atoms with E-state index in [0.29, 0.717) is 68.8 Å². The summed E-state index contributed by atoms with van der Waals surface area (Å²) in [5.74, 6) is -1.79. The number of hydrogen-bond acceptors (Lipinski definition) is 18. The number of β-lactam (4-membered cyclic amide) rings is 1. The Labute approximate surface area is 513 Å². The lowest BCUT2D eigenvalue weighted by atomic mass is 10.00. The third kappa shape index (κ3) is 15.2. The molecular formula is C64H75N8O13S2+. The number of pyridine rings is 1. The number of aromatic nitrogens is 2. The second-order valence-electron chi connectivity index (χ2n) is 24.2. The van der Waals surface area contributed by atoms with E-state index in [4.69, 9.17) is 28.5 Å². The molecule has 0 aliphatic carbocycles. The fourth-order valence-electron chi connectivity index (χ4n) is 10.6. The monoisotopic (exact) mass is 1230 g/mol. The van der Waals surface area contributed by atoms with Gasteiger partial charge in [0.1, 0.15) is 59.1 Å². The molecule has 0 saturated carbocycles. The van der Waals surface area contributed by atoms with Gasteiger partial charge in [0.2, 0.25) is 11.0 Å². The van der Waals surface area contributed by atoms with Crippen LogP contribution >= 0.6 is 23.1 Å². The average molecular weight is 1230 g/mol. The number of methoxy groups -OCH3 is 1. The van der Waals surface area contributed by atoms with Gasteiger partial charge in [-0.05, 0) is 90.3 Å². The van der Waals surface area contributed by atoms with Gasteiger partial charge in [-0.25, -0.2) is 19.4 Å². The number of esters is 2. The number of rotatable bonds is 22. The minimum absolute atomic E-state index is 0.0478. The van der Waals surface area contributed by atoms with Gasteiger partial charge in [0.25, 0.3) is 11.8 Å². The summed E-state index contributed by atoms with van der Waals surface area (Å²) in [5.41, 5.74) is -0.0403. The van der Waals surface area contributed by atoms with Crippen molar-refractivity contribution in [3.05, 3.63) is 164 Å². The molecule has 21 nitrogen and oxygen atoms in total. The average Bonchev–Trinajstić information content (AvgIpc) is 1.30. The van der Waals surface area contributed by atoms with Crippen LogP contribution in [0.3, 0.4) is 0 Å². The van der Waals surface area contributed by atoms with Gasteiger partial charge in [0.15, 0.2) is 22.7 Å². The fourth-order valence-corrected chi connectivity index (χ4v) is 12.6. The summed E-state index contributed by atoms with van der Waals surface area (Å²) in [5, 5.41) is 25.8. The van der Waals surface area contributed by atoms with Crippen molar-refractivity contribution in [2.75, 3.05) is 50.9 Å². The van der Waals surface area contributed by atoms with Crippen LogP contribution in [0.25, 0.3) is 10.9 Å². The number of likely N-dealkylation sites (tertiary alicyclic amines) is 1. The lowest BCUT2D eigenvalue weighted by Crippen LogP contribution is -2.71. The molecule has 6 aromatic rings. The van der Waals surface area contributed by atoms with E-state index >= 15 is 4.79 Å². The van der Waals surface area contributed by atoms with E-state index in [1.54, 1.807) is 84.7 Å². The van der Waals surface area contributed by atoms with Crippen molar-refractivity contribution >= 4 is 74.7 Å². The Balaban J connectivity index is 0.978. The van der Waals surface area contributed by atoms with Crippen molar-refractivity contribution < 1.29 is 62.1 Å². The standard InChI is InChI=1S/C64H74N8O13S2/c1-62(2,3)83-59(78)64(7,8)85-69-48(46-38-87-60(66-46)68-61(79)84-63(4,5)6)55(75)67-49-56(76)71-50(58(77)82-53(40-20-13-11-14-21-40)41-22-15-12-16-23-41)42(37-86-57(49)71)35-72(31-17-18-32-72)33-30-65-54(74)45-25-19-24-44-51(45)70(9)34-47(52(44)73)81-36-39-26-28-43(80-10)29-27-39/h11-16,19-29,34,38,49,53-54,57,65,74H,17-18,30-33,35-37H2,1-10H3,(H-,66,67,68,75,79)/p+1/b69-48-/t49-,54?,57-/m1/s1. The first-order chi connectivity index (χ1) is 41.3. The van der Waals surface area contributed by atoms with Gasteiger partial charge in [-0.2, -0.15) is 0 Å². The third-order valence-corrected chi connectivity index (χ3v) is 16.9. The molecule has 87 heavy (non-hydrogen) atoms. The first-order valence-corrected chi connectivity index (χ1v) is 30.6. The molecule has 3 aliphatic rings. The summed E-state index contributed by atoms with van der Waals surface area (Å²) in [4.78, 5) is 96.3. The lowest BCUT2D eigenvalue weighted by molar-refractivity contribution is -0.911. The molecular weight excluding hydrogens is 1150 g/mol. The molecule has 4 N–H and O–H groups in total. The summed E-state index contributed by atoms with van der Waals surface area (Å²) in [6, 6.07) is 30.1. The molecule has 3 amide bonds. The molecule has 23 heteroatoms. The van der Waals surface area contributed by atoms with Crippen LogP contribution in [0.1, 0.15) is 109 Å². The summed E-state index contributed by atoms with van der Waals surface area (Å²) < 4.78 is 31.1. The SMILES string of the molecule is COc1ccc(COc2cn(C)c3c(C(O)NCC[N+]4(CC5=C(C(=O)OC(c6ccccc6)c6ccccc6)N6C(=O)[C@@H](NC(=O)/C(=N\OC(C)(C)C(=O)OC(C)(C)C)c7csc(NC(=O)OC(C)(C)C)n7)[C@H]6SC5)CCCC4)cccc3c2=O)cc1. The van der Waals surface area contributed by atoms with Crippen molar-refractivity contribution in [3.8, 4) is 11.5 Å². The van der Waals surface area contributed by atoms with Gasteiger partial charge in [0.05, 0.1) is 38.5 Å². The number of nitrogens with one attached hydrogen (secondary N) is 3. The highest BCUT2D eigenvalue weighted by molar-refractivity contribution is 8.00. The molecule has 4 aromatic carbocycles. The number of aryl methyl sites for hydroxylation is 1. The van der Waals surface area contributed by atoms with Crippen molar-refractivity contribution in [2.24, 2.45) is 12.2 Å². The Hall–Kier alpha value is -8.09. The Kier molecular flexibility index (Phi) is 19.3. The molecule has 0 bridgehead atoms. The highest BCUT2D eigenvalue weighted by Gasteiger charge is 2.56. The highest BCUT2D eigenvalue weighted by atomic mass is 32.2. The normalized spacial score (nSPS) is 17.3.